The molecule has 1 aliphatic heterocycles. The van der Waals surface area contributed by atoms with Gasteiger partial charge in [-0.05, 0) is 30.7 Å². The Labute approximate surface area is 152 Å². The van der Waals surface area contributed by atoms with Crippen molar-refractivity contribution < 1.29 is 9.53 Å². The molecule has 0 bridgehead atoms. The average Bonchev–Trinajstić information content (AvgIpc) is 2.79. The number of carbonyl (C=O) groups is 1. The Morgan fingerprint density at radius 2 is 1.92 bits per heavy atom. The summed E-state index contributed by atoms with van der Waals surface area (Å²) in [5.41, 5.74) is 5.03. The van der Waals surface area contributed by atoms with E-state index in [1.54, 1.807) is 11.8 Å². The molecule has 1 N–H and O–H groups in total. The van der Waals surface area contributed by atoms with Crippen molar-refractivity contribution in [2.75, 3.05) is 12.4 Å². The van der Waals surface area contributed by atoms with E-state index in [0.717, 1.165) is 27.9 Å². The molecule has 0 spiro atoms. The molecule has 25 heavy (non-hydrogen) atoms. The highest BCUT2D eigenvalue weighted by atomic mass is 32.2. The minimum absolute atomic E-state index is 0.189. The zero-order valence-corrected chi connectivity index (χ0v) is 15.1. The van der Waals surface area contributed by atoms with Crippen molar-refractivity contribution in [3.05, 3.63) is 71.4 Å². The Morgan fingerprint density at radius 1 is 1.16 bits per heavy atom. The largest absolute Gasteiger partial charge is 0.469 e. The molecular weight excluding hydrogens is 332 g/mol. The number of rotatable bonds is 4. The Kier molecular flexibility index (Phi) is 5.56. The van der Waals surface area contributed by atoms with Crippen molar-refractivity contribution in [1.82, 2.24) is 0 Å². The van der Waals surface area contributed by atoms with Crippen molar-refractivity contribution in [3.8, 4) is 0 Å². The van der Waals surface area contributed by atoms with E-state index in [9.17, 15) is 4.79 Å². The predicted octanol–water partition coefficient (Wildman–Crippen LogP) is 4.83. The molecule has 0 atom stereocenters. The summed E-state index contributed by atoms with van der Waals surface area (Å²) in [6, 6.07) is 16.3. The van der Waals surface area contributed by atoms with Crippen LogP contribution in [0.1, 0.15) is 17.5 Å². The van der Waals surface area contributed by atoms with Gasteiger partial charge in [-0.2, -0.15) is 0 Å². The highest BCUT2D eigenvalue weighted by Gasteiger charge is 2.14. The zero-order chi connectivity index (χ0) is 17.6. The van der Waals surface area contributed by atoms with Crippen LogP contribution in [0.15, 0.2) is 65.3 Å². The molecule has 3 rings (SSSR count). The lowest BCUT2D eigenvalue weighted by Gasteiger charge is -2.09. The molecule has 2 aromatic carbocycles. The van der Waals surface area contributed by atoms with Crippen LogP contribution < -0.4 is 5.32 Å². The highest BCUT2D eigenvalue weighted by Crippen LogP contribution is 2.31. The first-order chi connectivity index (χ1) is 12.1. The second-order valence-electron chi connectivity index (χ2n) is 5.79. The molecule has 4 nitrogen and oxygen atoms in total. The summed E-state index contributed by atoms with van der Waals surface area (Å²) in [5, 5.41) is 4.16. The van der Waals surface area contributed by atoms with E-state index >= 15 is 0 Å². The minimum Gasteiger partial charge on any atom is -0.469 e. The Balaban J connectivity index is 1.82. The number of hydrogen-bond acceptors (Lipinski definition) is 5. The molecular formula is C20H20N2O2S. The summed E-state index contributed by atoms with van der Waals surface area (Å²) in [6.07, 6.45) is 2.12. The molecule has 2 aromatic rings. The van der Waals surface area contributed by atoms with Crippen LogP contribution in [0, 0.1) is 6.92 Å². The molecule has 0 unspecified atom stereocenters. The van der Waals surface area contributed by atoms with Crippen LogP contribution >= 0.6 is 11.8 Å². The summed E-state index contributed by atoms with van der Waals surface area (Å²) in [4.78, 5) is 16.4. The molecule has 0 radical (unpaired) electrons. The summed E-state index contributed by atoms with van der Waals surface area (Å²) >= 11 is 1.65. The van der Waals surface area contributed by atoms with Gasteiger partial charge in [0, 0.05) is 11.4 Å². The lowest BCUT2D eigenvalue weighted by atomic mass is 10.2. The van der Waals surface area contributed by atoms with E-state index in [2.05, 4.69) is 36.5 Å². The number of methoxy groups -OCH3 is 1. The third-order valence-corrected chi connectivity index (χ3v) is 4.78. The smallest absolute Gasteiger partial charge is 0.311 e. The van der Waals surface area contributed by atoms with Gasteiger partial charge in [-0.25, -0.2) is 4.99 Å². The number of nitrogens with one attached hydrogen (secondary N) is 1. The van der Waals surface area contributed by atoms with Gasteiger partial charge in [-0.15, -0.1) is 11.8 Å². The quantitative estimate of drug-likeness (QED) is 0.801. The number of ether oxygens (including phenoxy) is 1. The second-order valence-corrected chi connectivity index (χ2v) is 6.78. The standard InChI is InChI=1S/C20H20N2O2S/c1-14-7-9-15(10-8-14)13-25-19-11-16(12-20(23)24-2)21-17-5-3-4-6-18(17)22-19/h3-11,21H,12-13H2,1-2H3. The van der Waals surface area contributed by atoms with Gasteiger partial charge in [0.05, 0.1) is 29.9 Å². The Bertz CT molecular complexity index is 826. The van der Waals surface area contributed by atoms with Crippen molar-refractivity contribution in [2.24, 2.45) is 4.99 Å². The van der Waals surface area contributed by atoms with Crippen LogP contribution in [0.4, 0.5) is 11.4 Å². The number of anilines is 1. The Hall–Kier alpha value is -2.53. The molecule has 0 aromatic heterocycles. The first-order valence-corrected chi connectivity index (χ1v) is 9.03. The van der Waals surface area contributed by atoms with Gasteiger partial charge < -0.3 is 10.1 Å². The van der Waals surface area contributed by atoms with Gasteiger partial charge >= 0.3 is 5.97 Å². The summed E-state index contributed by atoms with van der Waals surface area (Å²) in [5.74, 6) is 0.546. The van der Waals surface area contributed by atoms with E-state index in [1.165, 1.54) is 18.2 Å². The molecule has 0 saturated heterocycles. The van der Waals surface area contributed by atoms with Crippen LogP contribution in [0.5, 0.6) is 0 Å². The fourth-order valence-electron chi connectivity index (χ4n) is 2.42. The number of nitrogens with zero attached hydrogens (tertiary/aromatic N) is 1. The number of fused-ring (bicyclic) bond motifs is 1. The van der Waals surface area contributed by atoms with Gasteiger partial charge in [0.1, 0.15) is 0 Å². The van der Waals surface area contributed by atoms with E-state index in [1.807, 2.05) is 30.3 Å². The maximum atomic E-state index is 11.7. The molecule has 1 aliphatic rings. The Morgan fingerprint density at radius 3 is 2.68 bits per heavy atom. The highest BCUT2D eigenvalue weighted by molar-refractivity contribution is 8.13. The molecule has 0 fully saturated rings. The number of aryl methyl sites for hydroxylation is 1. The number of aliphatic imine (C=N–C) groups is 1. The molecule has 0 aliphatic carbocycles. The molecule has 1 heterocycles. The lowest BCUT2D eigenvalue weighted by Crippen LogP contribution is -2.08. The van der Waals surface area contributed by atoms with E-state index < -0.39 is 0 Å². The SMILES string of the molecule is COC(=O)CC1=CC(SCc2ccc(C)cc2)=Nc2ccccc2N1. The molecule has 0 saturated carbocycles. The van der Waals surface area contributed by atoms with E-state index in [0.29, 0.717) is 0 Å². The van der Waals surface area contributed by atoms with Crippen LogP contribution in [0.25, 0.3) is 0 Å². The minimum atomic E-state index is -0.277. The van der Waals surface area contributed by atoms with Crippen molar-refractivity contribution in [2.45, 2.75) is 19.1 Å². The number of benzene rings is 2. The maximum absolute atomic E-state index is 11.7. The predicted molar refractivity (Wildman–Crippen MR) is 104 cm³/mol. The van der Waals surface area contributed by atoms with Crippen LogP contribution in [0.3, 0.4) is 0 Å². The van der Waals surface area contributed by atoms with Crippen LogP contribution in [0.2, 0.25) is 0 Å². The van der Waals surface area contributed by atoms with Crippen molar-refractivity contribution in [3.63, 3.8) is 0 Å². The summed E-state index contributed by atoms with van der Waals surface area (Å²) < 4.78 is 4.79. The second kappa shape index (κ2) is 8.03. The third-order valence-electron chi connectivity index (χ3n) is 3.80. The molecule has 0 amide bonds. The topological polar surface area (TPSA) is 50.7 Å². The van der Waals surface area contributed by atoms with Gasteiger partial charge in [0.15, 0.2) is 0 Å². The van der Waals surface area contributed by atoms with E-state index in [4.69, 9.17) is 9.73 Å². The fourth-order valence-corrected chi connectivity index (χ4v) is 3.32. The average molecular weight is 352 g/mol. The van der Waals surface area contributed by atoms with Gasteiger partial charge in [0.25, 0.3) is 0 Å². The maximum Gasteiger partial charge on any atom is 0.311 e. The molecule has 128 valence electrons. The summed E-state index contributed by atoms with van der Waals surface area (Å²) in [7, 11) is 1.40. The number of hydrogen-bond donors (Lipinski definition) is 1. The number of carbonyl (C=O) groups excluding carboxylic acids is 1. The van der Waals surface area contributed by atoms with Crippen molar-refractivity contribution in [1.29, 1.82) is 0 Å². The molecule has 5 heteroatoms. The number of para-hydroxylation sites is 2. The van der Waals surface area contributed by atoms with Crippen LogP contribution in [-0.2, 0) is 15.3 Å². The first kappa shape index (κ1) is 17.3. The number of thioether (sulfide) groups is 1. The first-order valence-electron chi connectivity index (χ1n) is 8.04. The lowest BCUT2D eigenvalue weighted by molar-refractivity contribution is -0.139. The van der Waals surface area contributed by atoms with E-state index in [-0.39, 0.29) is 12.4 Å². The van der Waals surface area contributed by atoms with Gasteiger partial charge in [-0.3, -0.25) is 4.79 Å². The monoisotopic (exact) mass is 352 g/mol. The normalized spacial score (nSPS) is 13.0. The van der Waals surface area contributed by atoms with Crippen molar-refractivity contribution >= 4 is 34.1 Å². The fraction of sp³-hybridized carbons (Fsp3) is 0.200. The third kappa shape index (κ3) is 4.73. The zero-order valence-electron chi connectivity index (χ0n) is 14.3. The van der Waals surface area contributed by atoms with Gasteiger partial charge in [0.2, 0.25) is 0 Å². The van der Waals surface area contributed by atoms with Crippen LogP contribution in [-0.4, -0.2) is 18.1 Å². The summed E-state index contributed by atoms with van der Waals surface area (Å²) in [6.45, 7) is 2.08. The number of esters is 1. The van der Waals surface area contributed by atoms with Gasteiger partial charge in [-0.1, -0.05) is 42.0 Å².